The predicted octanol–water partition coefficient (Wildman–Crippen LogP) is 0.332. The Bertz CT molecular complexity index is 147. The van der Waals surface area contributed by atoms with E-state index in [9.17, 15) is 4.79 Å². The van der Waals surface area contributed by atoms with E-state index in [1.807, 2.05) is 9.80 Å². The molecule has 0 atom stereocenters. The Hall–Kier alpha value is -0.570. The lowest BCUT2D eigenvalue weighted by atomic mass is 10.4. The molecule has 1 aliphatic rings. The van der Waals surface area contributed by atoms with Gasteiger partial charge in [0.25, 0.3) is 0 Å². The summed E-state index contributed by atoms with van der Waals surface area (Å²) in [5, 5.41) is 0. The molecule has 0 saturated carbocycles. The van der Waals surface area contributed by atoms with Gasteiger partial charge < -0.3 is 9.80 Å². The van der Waals surface area contributed by atoms with Gasteiger partial charge in [-0.25, -0.2) is 0 Å². The first-order valence-corrected chi connectivity index (χ1v) is 4.01. The van der Waals surface area contributed by atoms with E-state index in [0.29, 0.717) is 0 Å². The van der Waals surface area contributed by atoms with E-state index in [4.69, 9.17) is 0 Å². The number of carbonyl (C=O) groups is 1. The van der Waals surface area contributed by atoms with E-state index in [2.05, 4.69) is 7.05 Å². The zero-order chi connectivity index (χ0) is 8.27. The maximum Gasteiger partial charge on any atom is 0.219 e. The van der Waals surface area contributed by atoms with Gasteiger partial charge in [0.05, 0.1) is 0 Å². The smallest absolute Gasteiger partial charge is 0.219 e. The standard InChI is InChI=1S/C8H15N2O/c1-8(11)10-5-3-4-9(2)6-7-10/h2-7H2,1H3/q-1. The predicted molar refractivity (Wildman–Crippen MR) is 43.8 cm³/mol. The number of hydrogen-bond donors (Lipinski definition) is 0. The minimum atomic E-state index is 0.181. The van der Waals surface area contributed by atoms with Gasteiger partial charge in [-0.15, -0.1) is 0 Å². The maximum atomic E-state index is 10.9. The summed E-state index contributed by atoms with van der Waals surface area (Å²) in [6.07, 6.45) is 1.04. The van der Waals surface area contributed by atoms with Gasteiger partial charge in [0, 0.05) is 20.0 Å². The fourth-order valence-electron chi connectivity index (χ4n) is 1.29. The minimum Gasteiger partial charge on any atom is -0.458 e. The Labute approximate surface area is 68.0 Å². The second kappa shape index (κ2) is 3.72. The third-order valence-corrected chi connectivity index (χ3v) is 2.03. The molecule has 0 spiro atoms. The van der Waals surface area contributed by atoms with Crippen molar-refractivity contribution in [2.24, 2.45) is 0 Å². The summed E-state index contributed by atoms with van der Waals surface area (Å²) in [4.78, 5) is 14.8. The van der Waals surface area contributed by atoms with Crippen LogP contribution in [0.2, 0.25) is 0 Å². The molecular weight excluding hydrogens is 140 g/mol. The summed E-state index contributed by atoms with van der Waals surface area (Å²) in [5.41, 5.74) is 0. The second-order valence-corrected chi connectivity index (χ2v) is 2.98. The van der Waals surface area contributed by atoms with Crippen molar-refractivity contribution < 1.29 is 4.79 Å². The fraction of sp³-hybridized carbons (Fsp3) is 0.750. The van der Waals surface area contributed by atoms with Crippen molar-refractivity contribution in [3.05, 3.63) is 7.05 Å². The lowest BCUT2D eigenvalue weighted by molar-refractivity contribution is -0.128. The number of nitrogens with zero attached hydrogens (tertiary/aromatic N) is 2. The summed E-state index contributed by atoms with van der Waals surface area (Å²) in [6, 6.07) is 0. The first kappa shape index (κ1) is 8.53. The Morgan fingerprint density at radius 3 is 2.64 bits per heavy atom. The van der Waals surface area contributed by atoms with Crippen LogP contribution in [0.4, 0.5) is 0 Å². The SMILES string of the molecule is [CH2-]N1CCCN(C(C)=O)CC1. The third kappa shape index (κ3) is 2.50. The number of carbonyl (C=O) groups excluding carboxylic acids is 1. The zero-order valence-electron chi connectivity index (χ0n) is 7.05. The van der Waals surface area contributed by atoms with Gasteiger partial charge in [-0.1, -0.05) is 0 Å². The van der Waals surface area contributed by atoms with Crippen molar-refractivity contribution in [2.45, 2.75) is 13.3 Å². The maximum absolute atomic E-state index is 10.9. The minimum absolute atomic E-state index is 0.181. The largest absolute Gasteiger partial charge is 0.458 e. The topological polar surface area (TPSA) is 23.6 Å². The monoisotopic (exact) mass is 155 g/mol. The highest BCUT2D eigenvalue weighted by molar-refractivity contribution is 5.73. The van der Waals surface area contributed by atoms with E-state index in [0.717, 1.165) is 32.6 Å². The van der Waals surface area contributed by atoms with Crippen molar-refractivity contribution >= 4 is 5.91 Å². The molecule has 0 radical (unpaired) electrons. The van der Waals surface area contributed by atoms with Crippen molar-refractivity contribution in [2.75, 3.05) is 26.2 Å². The number of hydrogen-bond acceptors (Lipinski definition) is 2. The van der Waals surface area contributed by atoms with Gasteiger partial charge >= 0.3 is 0 Å². The Morgan fingerprint density at radius 1 is 1.27 bits per heavy atom. The molecule has 0 bridgehead atoms. The highest BCUT2D eigenvalue weighted by Gasteiger charge is 2.10. The molecular formula is C8H15N2O-. The van der Waals surface area contributed by atoms with E-state index in [1.165, 1.54) is 0 Å². The quantitative estimate of drug-likeness (QED) is 0.471. The van der Waals surface area contributed by atoms with Crippen LogP contribution in [-0.4, -0.2) is 41.9 Å². The van der Waals surface area contributed by atoms with E-state index >= 15 is 0 Å². The van der Waals surface area contributed by atoms with Crippen LogP contribution in [0.15, 0.2) is 0 Å². The fourth-order valence-corrected chi connectivity index (χ4v) is 1.29. The lowest BCUT2D eigenvalue weighted by Crippen LogP contribution is -2.32. The normalized spacial score (nSPS) is 21.5. The molecule has 0 aromatic carbocycles. The number of rotatable bonds is 0. The third-order valence-electron chi connectivity index (χ3n) is 2.03. The Morgan fingerprint density at radius 2 is 2.00 bits per heavy atom. The van der Waals surface area contributed by atoms with Crippen LogP contribution in [0.5, 0.6) is 0 Å². The van der Waals surface area contributed by atoms with Crippen molar-refractivity contribution in [1.29, 1.82) is 0 Å². The van der Waals surface area contributed by atoms with Gasteiger partial charge in [0.2, 0.25) is 5.91 Å². The molecule has 0 aromatic heterocycles. The molecule has 1 fully saturated rings. The molecule has 1 saturated heterocycles. The second-order valence-electron chi connectivity index (χ2n) is 2.98. The Kier molecular flexibility index (Phi) is 2.88. The van der Waals surface area contributed by atoms with E-state index in [-0.39, 0.29) is 5.91 Å². The van der Waals surface area contributed by atoms with E-state index in [1.54, 1.807) is 6.92 Å². The average Bonchev–Trinajstić information content (AvgIpc) is 2.13. The van der Waals surface area contributed by atoms with Gasteiger partial charge in [-0.2, -0.15) is 0 Å². The summed E-state index contributed by atoms with van der Waals surface area (Å²) < 4.78 is 0. The summed E-state index contributed by atoms with van der Waals surface area (Å²) in [6.45, 7) is 5.25. The first-order valence-electron chi connectivity index (χ1n) is 4.01. The summed E-state index contributed by atoms with van der Waals surface area (Å²) in [7, 11) is 3.85. The Balaban J connectivity index is 2.40. The van der Waals surface area contributed by atoms with Crippen LogP contribution >= 0.6 is 0 Å². The van der Waals surface area contributed by atoms with Crippen LogP contribution in [0, 0.1) is 7.05 Å². The molecule has 11 heavy (non-hydrogen) atoms. The lowest BCUT2D eigenvalue weighted by Gasteiger charge is -2.22. The van der Waals surface area contributed by atoms with Crippen LogP contribution in [0.1, 0.15) is 13.3 Å². The summed E-state index contributed by atoms with van der Waals surface area (Å²) in [5.74, 6) is 0.181. The van der Waals surface area contributed by atoms with Crippen molar-refractivity contribution in [3.8, 4) is 0 Å². The number of amides is 1. The van der Waals surface area contributed by atoms with Crippen LogP contribution in [0.25, 0.3) is 0 Å². The average molecular weight is 155 g/mol. The van der Waals surface area contributed by atoms with Crippen molar-refractivity contribution in [1.82, 2.24) is 9.80 Å². The molecule has 0 N–H and O–H groups in total. The highest BCUT2D eigenvalue weighted by Crippen LogP contribution is 2.01. The van der Waals surface area contributed by atoms with Gasteiger partial charge in [0.15, 0.2) is 0 Å². The molecule has 0 aromatic rings. The molecule has 1 amide bonds. The van der Waals surface area contributed by atoms with Crippen LogP contribution in [0.3, 0.4) is 0 Å². The highest BCUT2D eigenvalue weighted by atomic mass is 16.2. The van der Waals surface area contributed by atoms with Gasteiger partial charge in [-0.05, 0) is 19.5 Å². The molecule has 0 unspecified atom stereocenters. The molecule has 3 heteroatoms. The van der Waals surface area contributed by atoms with Gasteiger partial charge in [0.1, 0.15) is 0 Å². The zero-order valence-corrected chi connectivity index (χ0v) is 7.05. The molecule has 1 aliphatic heterocycles. The van der Waals surface area contributed by atoms with Crippen LogP contribution < -0.4 is 0 Å². The molecule has 3 nitrogen and oxygen atoms in total. The van der Waals surface area contributed by atoms with Gasteiger partial charge in [-0.3, -0.25) is 11.8 Å². The van der Waals surface area contributed by atoms with Crippen LogP contribution in [-0.2, 0) is 4.79 Å². The molecule has 0 aliphatic carbocycles. The molecule has 1 rings (SSSR count). The molecule has 64 valence electrons. The first-order chi connectivity index (χ1) is 5.20. The van der Waals surface area contributed by atoms with E-state index < -0.39 is 0 Å². The molecule has 1 heterocycles. The van der Waals surface area contributed by atoms with Crippen molar-refractivity contribution in [3.63, 3.8) is 0 Å². The summed E-state index contributed by atoms with van der Waals surface area (Å²) >= 11 is 0.